The molecular formula is C32H25NO4S. The summed E-state index contributed by atoms with van der Waals surface area (Å²) in [5.74, 6) is -0.416. The fourth-order valence-corrected chi connectivity index (χ4v) is 6.78. The van der Waals surface area contributed by atoms with Crippen molar-refractivity contribution in [2.45, 2.75) is 18.0 Å². The number of carbonyl (C=O) groups is 1. The standard InChI is InChI=1S/C32H25NO4S/c1-37-32(34)24-17-18-26-27(19-24)31(23-13-7-3-8-14-23)29-21-33(38(35,36)25-15-9-4-10-16-25)20-28(29)30(26)22-11-5-2-6-12-22/h2-19H,20-21H2,1H3. The molecule has 1 aliphatic heterocycles. The van der Waals surface area contributed by atoms with Crippen LogP contribution >= 0.6 is 0 Å². The van der Waals surface area contributed by atoms with E-state index in [-0.39, 0.29) is 18.0 Å². The minimum atomic E-state index is -3.73. The van der Waals surface area contributed by atoms with Gasteiger partial charge in [-0.2, -0.15) is 4.31 Å². The van der Waals surface area contributed by atoms with Crippen LogP contribution in [0.4, 0.5) is 0 Å². The highest BCUT2D eigenvalue weighted by molar-refractivity contribution is 7.89. The summed E-state index contributed by atoms with van der Waals surface area (Å²) in [5, 5.41) is 1.84. The highest BCUT2D eigenvalue weighted by Crippen LogP contribution is 2.46. The van der Waals surface area contributed by atoms with Gasteiger partial charge < -0.3 is 4.74 Å². The third kappa shape index (κ3) is 3.99. The molecule has 0 radical (unpaired) electrons. The molecule has 0 atom stereocenters. The lowest BCUT2D eigenvalue weighted by Crippen LogP contribution is -2.25. The topological polar surface area (TPSA) is 63.7 Å². The van der Waals surface area contributed by atoms with Gasteiger partial charge in [0.05, 0.1) is 17.6 Å². The molecule has 5 aromatic rings. The summed E-state index contributed by atoms with van der Waals surface area (Å²) in [6.07, 6.45) is 0. The monoisotopic (exact) mass is 519 g/mol. The maximum Gasteiger partial charge on any atom is 0.337 e. The summed E-state index contributed by atoms with van der Waals surface area (Å²) in [5.41, 5.74) is 6.26. The summed E-state index contributed by atoms with van der Waals surface area (Å²) < 4.78 is 34.0. The fourth-order valence-electron chi connectivity index (χ4n) is 5.38. The van der Waals surface area contributed by atoms with Gasteiger partial charge in [0.25, 0.3) is 0 Å². The van der Waals surface area contributed by atoms with E-state index in [0.717, 1.165) is 44.2 Å². The second-order valence-electron chi connectivity index (χ2n) is 9.28. The van der Waals surface area contributed by atoms with Gasteiger partial charge in [0.15, 0.2) is 0 Å². The molecule has 1 heterocycles. The lowest BCUT2D eigenvalue weighted by atomic mass is 9.84. The van der Waals surface area contributed by atoms with Crippen molar-refractivity contribution < 1.29 is 17.9 Å². The molecule has 0 aromatic heterocycles. The predicted molar refractivity (Wildman–Crippen MR) is 149 cm³/mol. The number of fused-ring (bicyclic) bond motifs is 2. The Labute approximate surface area is 222 Å². The van der Waals surface area contributed by atoms with Crippen molar-refractivity contribution in [1.82, 2.24) is 4.31 Å². The molecule has 0 bridgehead atoms. The van der Waals surface area contributed by atoms with Gasteiger partial charge in [-0.1, -0.05) is 84.9 Å². The molecule has 1 aliphatic rings. The minimum Gasteiger partial charge on any atom is -0.465 e. The summed E-state index contributed by atoms with van der Waals surface area (Å²) in [4.78, 5) is 12.8. The number of nitrogens with zero attached hydrogens (tertiary/aromatic N) is 1. The molecule has 6 heteroatoms. The highest BCUT2D eigenvalue weighted by atomic mass is 32.2. The maximum absolute atomic E-state index is 13.7. The molecule has 0 aliphatic carbocycles. The first-order valence-corrected chi connectivity index (χ1v) is 13.8. The molecule has 0 saturated heterocycles. The van der Waals surface area contributed by atoms with E-state index in [4.69, 9.17) is 4.74 Å². The summed E-state index contributed by atoms with van der Waals surface area (Å²) in [7, 11) is -2.36. The van der Waals surface area contributed by atoms with Crippen LogP contribution in [0.25, 0.3) is 33.0 Å². The van der Waals surface area contributed by atoms with Gasteiger partial charge in [-0.3, -0.25) is 0 Å². The van der Waals surface area contributed by atoms with E-state index in [1.54, 1.807) is 34.6 Å². The van der Waals surface area contributed by atoms with Crippen LogP contribution < -0.4 is 0 Å². The van der Waals surface area contributed by atoms with Gasteiger partial charge in [-0.05, 0) is 68.4 Å². The van der Waals surface area contributed by atoms with E-state index in [1.807, 2.05) is 78.9 Å². The van der Waals surface area contributed by atoms with Gasteiger partial charge in [-0.15, -0.1) is 0 Å². The van der Waals surface area contributed by atoms with Crippen LogP contribution in [0.1, 0.15) is 21.5 Å². The van der Waals surface area contributed by atoms with E-state index < -0.39 is 16.0 Å². The normalized spacial score (nSPS) is 13.4. The number of rotatable bonds is 5. The van der Waals surface area contributed by atoms with Crippen molar-refractivity contribution >= 4 is 26.8 Å². The molecule has 0 N–H and O–H groups in total. The number of sulfonamides is 1. The van der Waals surface area contributed by atoms with Gasteiger partial charge in [0.1, 0.15) is 0 Å². The van der Waals surface area contributed by atoms with E-state index in [1.165, 1.54) is 7.11 Å². The van der Waals surface area contributed by atoms with Crippen LogP contribution in [0.3, 0.4) is 0 Å². The number of hydrogen-bond donors (Lipinski definition) is 0. The van der Waals surface area contributed by atoms with Crippen molar-refractivity contribution in [2.75, 3.05) is 7.11 Å². The molecule has 38 heavy (non-hydrogen) atoms. The molecule has 188 valence electrons. The van der Waals surface area contributed by atoms with E-state index in [9.17, 15) is 13.2 Å². The molecule has 0 spiro atoms. The Morgan fingerprint density at radius 3 is 1.71 bits per heavy atom. The number of methoxy groups -OCH3 is 1. The predicted octanol–water partition coefficient (Wildman–Crippen LogP) is 6.66. The Kier molecular flexibility index (Phi) is 6.06. The molecule has 0 saturated carbocycles. The Bertz CT molecular complexity index is 1770. The van der Waals surface area contributed by atoms with Gasteiger partial charge in [0, 0.05) is 13.1 Å². The maximum atomic E-state index is 13.7. The number of carbonyl (C=O) groups excluding carboxylic acids is 1. The Balaban J connectivity index is 1.68. The fraction of sp³-hybridized carbons (Fsp3) is 0.0938. The van der Waals surface area contributed by atoms with Crippen LogP contribution in [0.5, 0.6) is 0 Å². The largest absolute Gasteiger partial charge is 0.465 e. The van der Waals surface area contributed by atoms with E-state index >= 15 is 0 Å². The Hall–Kier alpha value is -4.26. The smallest absolute Gasteiger partial charge is 0.337 e. The third-order valence-corrected chi connectivity index (χ3v) is 8.93. The van der Waals surface area contributed by atoms with Gasteiger partial charge >= 0.3 is 5.97 Å². The minimum absolute atomic E-state index is 0.231. The summed E-state index contributed by atoms with van der Waals surface area (Å²) in [6.45, 7) is 0.486. The second kappa shape index (κ2) is 9.56. The number of benzene rings is 5. The lowest BCUT2D eigenvalue weighted by Gasteiger charge is -2.19. The molecule has 6 rings (SSSR count). The average molecular weight is 520 g/mol. The quantitative estimate of drug-likeness (QED) is 0.244. The first kappa shape index (κ1) is 24.1. The number of ether oxygens (including phenoxy) is 1. The zero-order valence-electron chi connectivity index (χ0n) is 20.8. The van der Waals surface area contributed by atoms with Crippen LogP contribution in [0.15, 0.2) is 114 Å². The van der Waals surface area contributed by atoms with Crippen molar-refractivity contribution in [1.29, 1.82) is 0 Å². The number of hydrogen-bond acceptors (Lipinski definition) is 4. The number of esters is 1. The molecule has 0 unspecified atom stereocenters. The van der Waals surface area contributed by atoms with E-state index in [2.05, 4.69) is 0 Å². The Morgan fingerprint density at radius 2 is 1.18 bits per heavy atom. The zero-order chi connectivity index (χ0) is 26.3. The average Bonchev–Trinajstić information content (AvgIpc) is 3.42. The van der Waals surface area contributed by atoms with Gasteiger partial charge in [0.2, 0.25) is 10.0 Å². The second-order valence-corrected chi connectivity index (χ2v) is 11.2. The summed E-state index contributed by atoms with van der Waals surface area (Å²) in [6, 6.07) is 34.1. The molecule has 0 fully saturated rings. The van der Waals surface area contributed by atoms with Crippen LogP contribution in [0, 0.1) is 0 Å². The first-order chi connectivity index (χ1) is 18.5. The van der Waals surface area contributed by atoms with Crippen LogP contribution in [-0.4, -0.2) is 25.8 Å². The highest BCUT2D eigenvalue weighted by Gasteiger charge is 2.35. The van der Waals surface area contributed by atoms with Crippen LogP contribution in [-0.2, 0) is 27.8 Å². The Morgan fingerprint density at radius 1 is 0.684 bits per heavy atom. The van der Waals surface area contributed by atoms with Crippen molar-refractivity contribution in [2.24, 2.45) is 0 Å². The van der Waals surface area contributed by atoms with E-state index in [0.29, 0.717) is 5.56 Å². The molecule has 5 aromatic carbocycles. The molecule has 5 nitrogen and oxygen atoms in total. The molecule has 0 amide bonds. The van der Waals surface area contributed by atoms with Crippen LogP contribution in [0.2, 0.25) is 0 Å². The zero-order valence-corrected chi connectivity index (χ0v) is 21.6. The third-order valence-electron chi connectivity index (χ3n) is 7.12. The first-order valence-electron chi connectivity index (χ1n) is 12.3. The van der Waals surface area contributed by atoms with Gasteiger partial charge in [-0.25, -0.2) is 13.2 Å². The van der Waals surface area contributed by atoms with Crippen molar-refractivity contribution in [3.63, 3.8) is 0 Å². The van der Waals surface area contributed by atoms with Crippen molar-refractivity contribution in [3.05, 3.63) is 126 Å². The lowest BCUT2D eigenvalue weighted by molar-refractivity contribution is 0.0601. The summed E-state index contributed by atoms with van der Waals surface area (Å²) >= 11 is 0. The van der Waals surface area contributed by atoms with Crippen molar-refractivity contribution in [3.8, 4) is 22.3 Å². The SMILES string of the molecule is COC(=O)c1ccc2c(-c3ccccc3)c3c(c(-c4ccccc4)c2c1)CN(S(=O)(=O)c1ccccc1)C3. The molecular weight excluding hydrogens is 494 g/mol.